The van der Waals surface area contributed by atoms with Crippen molar-refractivity contribution in [2.24, 2.45) is 0 Å². The molecule has 1 aromatic carbocycles. The largest absolute Gasteiger partial charge is 0.191 e. The molecule has 3 nitrogen and oxygen atoms in total. The molecule has 14 heavy (non-hydrogen) atoms. The Morgan fingerprint density at radius 3 is 2.86 bits per heavy atom. The lowest BCUT2D eigenvalue weighted by atomic mass is 10.1. The fourth-order valence-corrected chi connectivity index (χ4v) is 1.49. The van der Waals surface area contributed by atoms with Gasteiger partial charge in [0.25, 0.3) is 0 Å². The van der Waals surface area contributed by atoms with Crippen molar-refractivity contribution in [3.63, 3.8) is 0 Å². The van der Waals surface area contributed by atoms with Crippen molar-refractivity contribution >= 4 is 22.5 Å². The Morgan fingerprint density at radius 2 is 2.14 bits per heavy atom. The maximum Gasteiger partial charge on any atom is 0.182 e. The summed E-state index contributed by atoms with van der Waals surface area (Å²) >= 11 is 5.99. The monoisotopic (exact) mass is 203 g/mol. The maximum absolute atomic E-state index is 8.71. The summed E-state index contributed by atoms with van der Waals surface area (Å²) in [6.07, 6.45) is 0. The Balaban J connectivity index is 2.88. The van der Waals surface area contributed by atoms with Crippen LogP contribution in [-0.4, -0.2) is 10.2 Å². The SMILES string of the molecule is Cc1ccc2nnc(C#N)c(Cl)c2c1. The van der Waals surface area contributed by atoms with E-state index in [-0.39, 0.29) is 5.69 Å². The van der Waals surface area contributed by atoms with Crippen LogP contribution in [0.3, 0.4) is 0 Å². The van der Waals surface area contributed by atoms with Crippen LogP contribution in [0.4, 0.5) is 0 Å². The Kier molecular flexibility index (Phi) is 2.06. The third-order valence-corrected chi connectivity index (χ3v) is 2.34. The zero-order valence-electron chi connectivity index (χ0n) is 7.45. The van der Waals surface area contributed by atoms with E-state index in [0.717, 1.165) is 10.9 Å². The van der Waals surface area contributed by atoms with Crippen molar-refractivity contribution < 1.29 is 0 Å². The van der Waals surface area contributed by atoms with Crippen LogP contribution in [0.1, 0.15) is 11.3 Å². The standard InChI is InChI=1S/C10H6ClN3/c1-6-2-3-8-7(4-6)10(11)9(5-12)14-13-8/h2-4H,1H3. The fourth-order valence-electron chi connectivity index (χ4n) is 1.26. The van der Waals surface area contributed by atoms with Gasteiger partial charge in [0.1, 0.15) is 6.07 Å². The molecule has 0 amide bonds. The summed E-state index contributed by atoms with van der Waals surface area (Å²) in [5.74, 6) is 0. The second-order valence-corrected chi connectivity index (χ2v) is 3.37. The van der Waals surface area contributed by atoms with Crippen LogP contribution in [0.5, 0.6) is 0 Å². The summed E-state index contributed by atoms with van der Waals surface area (Å²) in [4.78, 5) is 0. The predicted molar refractivity (Wildman–Crippen MR) is 54.0 cm³/mol. The first kappa shape index (κ1) is 8.92. The highest BCUT2D eigenvalue weighted by Gasteiger charge is 2.07. The average molecular weight is 204 g/mol. The first-order valence-electron chi connectivity index (χ1n) is 4.05. The highest BCUT2D eigenvalue weighted by molar-refractivity contribution is 6.36. The molecule has 0 aliphatic heterocycles. The molecule has 0 N–H and O–H groups in total. The molecular formula is C10H6ClN3. The minimum absolute atomic E-state index is 0.171. The fraction of sp³-hybridized carbons (Fsp3) is 0.100. The van der Waals surface area contributed by atoms with Crippen molar-refractivity contribution in [2.45, 2.75) is 6.92 Å². The van der Waals surface area contributed by atoms with E-state index in [9.17, 15) is 0 Å². The van der Waals surface area contributed by atoms with Crippen molar-refractivity contribution in [1.29, 1.82) is 5.26 Å². The van der Waals surface area contributed by atoms with Gasteiger partial charge in [-0.25, -0.2) is 0 Å². The number of fused-ring (bicyclic) bond motifs is 1. The van der Waals surface area contributed by atoms with Crippen molar-refractivity contribution in [1.82, 2.24) is 10.2 Å². The number of hydrogen-bond acceptors (Lipinski definition) is 3. The highest BCUT2D eigenvalue weighted by Crippen LogP contribution is 2.24. The number of aryl methyl sites for hydroxylation is 1. The lowest BCUT2D eigenvalue weighted by Gasteiger charge is -2.00. The van der Waals surface area contributed by atoms with Crippen molar-refractivity contribution in [3.8, 4) is 6.07 Å². The lowest BCUT2D eigenvalue weighted by Crippen LogP contribution is -1.91. The van der Waals surface area contributed by atoms with Crippen molar-refractivity contribution in [3.05, 3.63) is 34.5 Å². The Hall–Kier alpha value is -1.66. The topological polar surface area (TPSA) is 49.6 Å². The molecule has 0 fully saturated rings. The van der Waals surface area contributed by atoms with Crippen LogP contribution in [0.15, 0.2) is 18.2 Å². The van der Waals surface area contributed by atoms with E-state index in [1.54, 1.807) is 0 Å². The second kappa shape index (κ2) is 3.24. The predicted octanol–water partition coefficient (Wildman–Crippen LogP) is 2.46. The Labute approximate surface area is 85.9 Å². The molecule has 2 aromatic rings. The van der Waals surface area contributed by atoms with E-state index >= 15 is 0 Å². The number of nitriles is 1. The van der Waals surface area contributed by atoms with E-state index in [4.69, 9.17) is 16.9 Å². The zero-order chi connectivity index (χ0) is 10.1. The van der Waals surface area contributed by atoms with Gasteiger partial charge in [-0.15, -0.1) is 10.2 Å². The molecule has 0 saturated carbocycles. The first-order chi connectivity index (χ1) is 6.72. The van der Waals surface area contributed by atoms with Gasteiger partial charge >= 0.3 is 0 Å². The first-order valence-corrected chi connectivity index (χ1v) is 4.43. The van der Waals surface area contributed by atoms with Gasteiger partial charge in [0, 0.05) is 5.39 Å². The van der Waals surface area contributed by atoms with Crippen molar-refractivity contribution in [2.75, 3.05) is 0 Å². The van der Waals surface area contributed by atoms with Crippen LogP contribution in [0.2, 0.25) is 5.02 Å². The van der Waals surface area contributed by atoms with Gasteiger partial charge in [0.15, 0.2) is 5.69 Å². The smallest absolute Gasteiger partial charge is 0.182 e. The summed E-state index contributed by atoms with van der Waals surface area (Å²) in [7, 11) is 0. The Bertz CT molecular complexity index is 543. The van der Waals surface area contributed by atoms with E-state index in [1.165, 1.54) is 0 Å². The molecule has 0 unspecified atom stereocenters. The molecule has 0 spiro atoms. The second-order valence-electron chi connectivity index (χ2n) is 2.99. The minimum Gasteiger partial charge on any atom is -0.191 e. The number of halogens is 1. The van der Waals surface area contributed by atoms with Crippen LogP contribution >= 0.6 is 11.6 Å². The van der Waals surface area contributed by atoms with Gasteiger partial charge < -0.3 is 0 Å². The quantitative estimate of drug-likeness (QED) is 0.661. The maximum atomic E-state index is 8.71. The van der Waals surface area contributed by atoms with Crippen LogP contribution in [0.25, 0.3) is 10.9 Å². The molecule has 1 heterocycles. The zero-order valence-corrected chi connectivity index (χ0v) is 8.21. The van der Waals surface area contributed by atoms with Gasteiger partial charge in [-0.3, -0.25) is 0 Å². The molecule has 0 saturated heterocycles. The summed E-state index contributed by atoms with van der Waals surface area (Å²) in [5, 5.41) is 17.5. The molecule has 0 radical (unpaired) electrons. The molecule has 1 aromatic heterocycles. The molecule has 0 atom stereocenters. The number of rotatable bonds is 0. The normalized spacial score (nSPS) is 10.1. The van der Waals surface area contributed by atoms with E-state index in [1.807, 2.05) is 31.2 Å². The van der Waals surface area contributed by atoms with Gasteiger partial charge in [-0.1, -0.05) is 23.2 Å². The summed E-state index contributed by atoms with van der Waals surface area (Å²) in [6, 6.07) is 7.57. The third-order valence-electron chi connectivity index (χ3n) is 1.96. The Morgan fingerprint density at radius 1 is 1.36 bits per heavy atom. The molecule has 0 aliphatic rings. The van der Waals surface area contributed by atoms with Gasteiger partial charge in [-0.2, -0.15) is 5.26 Å². The summed E-state index contributed by atoms with van der Waals surface area (Å²) in [6.45, 7) is 1.96. The van der Waals surface area contributed by atoms with E-state index in [0.29, 0.717) is 10.5 Å². The molecule has 0 aliphatic carbocycles. The number of nitrogens with zero attached hydrogens (tertiary/aromatic N) is 3. The number of aromatic nitrogens is 2. The van der Waals surface area contributed by atoms with Gasteiger partial charge in [-0.05, 0) is 19.1 Å². The van der Waals surface area contributed by atoms with Crippen LogP contribution < -0.4 is 0 Å². The molecular weight excluding hydrogens is 198 g/mol. The van der Waals surface area contributed by atoms with Crippen LogP contribution in [-0.2, 0) is 0 Å². The average Bonchev–Trinajstić information content (AvgIpc) is 2.20. The van der Waals surface area contributed by atoms with E-state index in [2.05, 4.69) is 10.2 Å². The van der Waals surface area contributed by atoms with Crippen LogP contribution in [0, 0.1) is 18.3 Å². The molecule has 0 bridgehead atoms. The number of hydrogen-bond donors (Lipinski definition) is 0. The highest BCUT2D eigenvalue weighted by atomic mass is 35.5. The molecule has 68 valence electrons. The summed E-state index contributed by atoms with van der Waals surface area (Å²) < 4.78 is 0. The summed E-state index contributed by atoms with van der Waals surface area (Å²) in [5.41, 5.74) is 1.96. The third kappa shape index (κ3) is 1.30. The van der Waals surface area contributed by atoms with Gasteiger partial charge in [0.2, 0.25) is 0 Å². The molecule has 4 heteroatoms. The minimum atomic E-state index is 0.171. The number of benzene rings is 1. The van der Waals surface area contributed by atoms with Gasteiger partial charge in [0.05, 0.1) is 10.5 Å². The van der Waals surface area contributed by atoms with E-state index < -0.39 is 0 Å². The lowest BCUT2D eigenvalue weighted by molar-refractivity contribution is 1.05. The molecule has 2 rings (SSSR count).